The molecule has 0 bridgehead atoms. The minimum absolute atomic E-state index is 0.110. The highest BCUT2D eigenvalue weighted by Gasteiger charge is 2.27. The number of nitrogens with one attached hydrogen (secondary N) is 1. The quantitative estimate of drug-likeness (QED) is 0.412. The highest BCUT2D eigenvalue weighted by atomic mass is 15.1. The summed E-state index contributed by atoms with van der Waals surface area (Å²) in [5, 5.41) is 3.26. The second kappa shape index (κ2) is 11.3. The van der Waals surface area contributed by atoms with Crippen LogP contribution in [0.25, 0.3) is 0 Å². The molecule has 32 heavy (non-hydrogen) atoms. The molecule has 2 heterocycles. The second-order valence-electron chi connectivity index (χ2n) is 9.29. The number of aromatic nitrogens is 2. The molecule has 0 saturated heterocycles. The number of pyridine rings is 2. The van der Waals surface area contributed by atoms with Gasteiger partial charge in [-0.3, -0.25) is 14.9 Å². The predicted molar refractivity (Wildman–Crippen MR) is 134 cm³/mol. The lowest BCUT2D eigenvalue weighted by atomic mass is 9.77. The summed E-state index contributed by atoms with van der Waals surface area (Å²) in [6.07, 6.45) is 6.22. The average molecular weight is 431 g/mol. The van der Waals surface area contributed by atoms with Gasteiger partial charge in [0.1, 0.15) is 0 Å². The van der Waals surface area contributed by atoms with E-state index in [0.29, 0.717) is 0 Å². The van der Waals surface area contributed by atoms with E-state index in [9.17, 15) is 0 Å². The van der Waals surface area contributed by atoms with Gasteiger partial charge in [-0.15, -0.1) is 0 Å². The summed E-state index contributed by atoms with van der Waals surface area (Å²) in [6.45, 7) is 12.6. The molecule has 3 aromatic rings. The van der Waals surface area contributed by atoms with Gasteiger partial charge in [0.2, 0.25) is 0 Å². The molecule has 0 radical (unpaired) electrons. The highest BCUT2D eigenvalue weighted by molar-refractivity contribution is 5.39. The van der Waals surface area contributed by atoms with Crippen LogP contribution in [0.4, 0.5) is 0 Å². The molecule has 1 N–H and O–H groups in total. The van der Waals surface area contributed by atoms with E-state index in [2.05, 4.69) is 86.4 Å². The van der Waals surface area contributed by atoms with Crippen LogP contribution < -0.4 is 5.32 Å². The molecule has 0 fully saturated rings. The fourth-order valence-electron chi connectivity index (χ4n) is 4.33. The normalized spacial score (nSPS) is 11.8. The van der Waals surface area contributed by atoms with E-state index in [1.807, 2.05) is 19.4 Å². The lowest BCUT2D eigenvalue weighted by Crippen LogP contribution is -2.29. The standard InChI is InChI=1S/C28H38N4/c1-22-18-23(2)26(31-19-22)20-32(17-10-9-15-29-5)21-27-25(14-11-16-30-27)28(3,4)24-12-7-6-8-13-24/h6-8,11-14,16,18-19,29H,9-10,15,17,20-21H2,1-5H3. The largest absolute Gasteiger partial charge is 0.320 e. The minimum atomic E-state index is -0.110. The van der Waals surface area contributed by atoms with Gasteiger partial charge in [0.15, 0.2) is 0 Å². The van der Waals surface area contributed by atoms with Crippen LogP contribution in [-0.2, 0) is 18.5 Å². The Balaban J connectivity index is 1.87. The zero-order valence-electron chi connectivity index (χ0n) is 20.4. The molecule has 0 aliphatic heterocycles. The third kappa shape index (κ3) is 6.24. The van der Waals surface area contributed by atoms with Gasteiger partial charge < -0.3 is 5.32 Å². The van der Waals surface area contributed by atoms with E-state index in [-0.39, 0.29) is 5.41 Å². The third-order valence-corrected chi connectivity index (χ3v) is 6.28. The molecular formula is C28H38N4. The number of benzene rings is 1. The Bertz CT molecular complexity index is 982. The van der Waals surface area contributed by atoms with Crippen LogP contribution in [0, 0.1) is 13.8 Å². The summed E-state index contributed by atoms with van der Waals surface area (Å²) < 4.78 is 0. The SMILES string of the molecule is CNCCCCN(Cc1ncc(C)cc1C)Cc1ncccc1C(C)(C)c1ccccc1. The van der Waals surface area contributed by atoms with Gasteiger partial charge in [0, 0.05) is 30.9 Å². The van der Waals surface area contributed by atoms with Crippen molar-refractivity contribution < 1.29 is 0 Å². The first kappa shape index (κ1) is 24.1. The van der Waals surface area contributed by atoms with Gasteiger partial charge in [0.05, 0.1) is 11.4 Å². The third-order valence-electron chi connectivity index (χ3n) is 6.28. The van der Waals surface area contributed by atoms with E-state index in [0.717, 1.165) is 50.4 Å². The maximum atomic E-state index is 4.86. The van der Waals surface area contributed by atoms with Crippen LogP contribution >= 0.6 is 0 Å². The van der Waals surface area contributed by atoms with Crippen molar-refractivity contribution in [1.82, 2.24) is 20.2 Å². The number of hydrogen-bond donors (Lipinski definition) is 1. The van der Waals surface area contributed by atoms with Crippen LogP contribution in [0.15, 0.2) is 60.9 Å². The zero-order chi connectivity index (χ0) is 23.0. The molecule has 0 aliphatic rings. The van der Waals surface area contributed by atoms with Crippen molar-refractivity contribution in [3.05, 3.63) is 94.6 Å². The molecule has 3 rings (SSSR count). The Labute approximate surface area is 194 Å². The molecule has 0 aliphatic carbocycles. The van der Waals surface area contributed by atoms with E-state index in [1.54, 1.807) is 0 Å². The molecule has 0 spiro atoms. The van der Waals surface area contributed by atoms with Crippen molar-refractivity contribution in [2.45, 2.75) is 59.0 Å². The molecule has 4 heteroatoms. The first-order chi connectivity index (χ1) is 15.4. The molecule has 0 amide bonds. The fourth-order valence-corrected chi connectivity index (χ4v) is 4.33. The van der Waals surface area contributed by atoms with E-state index >= 15 is 0 Å². The van der Waals surface area contributed by atoms with Crippen LogP contribution in [0.5, 0.6) is 0 Å². The number of aryl methyl sites for hydroxylation is 2. The molecule has 0 atom stereocenters. The zero-order valence-corrected chi connectivity index (χ0v) is 20.4. The lowest BCUT2D eigenvalue weighted by molar-refractivity contribution is 0.243. The Morgan fingerprint density at radius 2 is 1.66 bits per heavy atom. The van der Waals surface area contributed by atoms with Crippen LogP contribution in [0.1, 0.15) is 60.3 Å². The summed E-state index contributed by atoms with van der Waals surface area (Å²) >= 11 is 0. The van der Waals surface area contributed by atoms with Crippen molar-refractivity contribution in [2.24, 2.45) is 0 Å². The van der Waals surface area contributed by atoms with Crippen molar-refractivity contribution in [1.29, 1.82) is 0 Å². The molecule has 0 unspecified atom stereocenters. The summed E-state index contributed by atoms with van der Waals surface area (Å²) in [4.78, 5) is 12.1. The number of nitrogens with zero attached hydrogens (tertiary/aromatic N) is 3. The van der Waals surface area contributed by atoms with E-state index in [4.69, 9.17) is 9.97 Å². The first-order valence-corrected chi connectivity index (χ1v) is 11.7. The average Bonchev–Trinajstić information content (AvgIpc) is 2.79. The predicted octanol–water partition coefficient (Wildman–Crippen LogP) is 5.42. The Morgan fingerprint density at radius 1 is 0.906 bits per heavy atom. The van der Waals surface area contributed by atoms with Gasteiger partial charge in [0.25, 0.3) is 0 Å². The number of rotatable bonds is 11. The Morgan fingerprint density at radius 3 is 2.38 bits per heavy atom. The summed E-state index contributed by atoms with van der Waals surface area (Å²) in [6, 6.07) is 17.3. The Kier molecular flexibility index (Phi) is 8.54. The van der Waals surface area contributed by atoms with Crippen LogP contribution in [0.2, 0.25) is 0 Å². The molecule has 2 aromatic heterocycles. The summed E-state index contributed by atoms with van der Waals surface area (Å²) in [5.41, 5.74) is 7.27. The van der Waals surface area contributed by atoms with Gasteiger partial charge in [-0.05, 0) is 75.1 Å². The van der Waals surface area contributed by atoms with Crippen molar-refractivity contribution in [3.8, 4) is 0 Å². The summed E-state index contributed by atoms with van der Waals surface area (Å²) in [5.74, 6) is 0. The first-order valence-electron chi connectivity index (χ1n) is 11.7. The van der Waals surface area contributed by atoms with Crippen molar-refractivity contribution in [2.75, 3.05) is 20.1 Å². The highest BCUT2D eigenvalue weighted by Crippen LogP contribution is 2.33. The maximum Gasteiger partial charge on any atom is 0.0584 e. The van der Waals surface area contributed by atoms with Gasteiger partial charge >= 0.3 is 0 Å². The minimum Gasteiger partial charge on any atom is -0.320 e. The van der Waals surface area contributed by atoms with Gasteiger partial charge in [-0.2, -0.15) is 0 Å². The number of unbranched alkanes of at least 4 members (excludes halogenated alkanes) is 1. The van der Waals surface area contributed by atoms with E-state index < -0.39 is 0 Å². The smallest absolute Gasteiger partial charge is 0.0584 e. The maximum absolute atomic E-state index is 4.86. The topological polar surface area (TPSA) is 41.0 Å². The van der Waals surface area contributed by atoms with Gasteiger partial charge in [-0.1, -0.05) is 56.3 Å². The lowest BCUT2D eigenvalue weighted by Gasteiger charge is -2.30. The molecular weight excluding hydrogens is 392 g/mol. The fraction of sp³-hybridized carbons (Fsp3) is 0.429. The van der Waals surface area contributed by atoms with Crippen molar-refractivity contribution >= 4 is 0 Å². The number of hydrogen-bond acceptors (Lipinski definition) is 4. The van der Waals surface area contributed by atoms with E-state index in [1.165, 1.54) is 22.3 Å². The second-order valence-corrected chi connectivity index (χ2v) is 9.29. The van der Waals surface area contributed by atoms with Gasteiger partial charge in [-0.25, -0.2) is 0 Å². The van der Waals surface area contributed by atoms with Crippen LogP contribution in [0.3, 0.4) is 0 Å². The molecule has 4 nitrogen and oxygen atoms in total. The molecule has 170 valence electrons. The summed E-state index contributed by atoms with van der Waals surface area (Å²) in [7, 11) is 2.02. The molecule has 0 saturated carbocycles. The molecule has 1 aromatic carbocycles. The van der Waals surface area contributed by atoms with Crippen LogP contribution in [-0.4, -0.2) is 35.0 Å². The Hall–Kier alpha value is -2.56. The van der Waals surface area contributed by atoms with Crippen molar-refractivity contribution in [3.63, 3.8) is 0 Å². The monoisotopic (exact) mass is 430 g/mol.